The van der Waals surface area contributed by atoms with Gasteiger partial charge in [-0.1, -0.05) is 27.2 Å². The fourth-order valence-corrected chi connectivity index (χ4v) is 4.07. The van der Waals surface area contributed by atoms with Crippen LogP contribution in [0.1, 0.15) is 45.9 Å². The molecule has 26 heavy (non-hydrogen) atoms. The molecular weight excluding hydrogens is 336 g/mol. The number of carbonyl (C=O) groups is 1. The lowest BCUT2D eigenvalue weighted by Crippen LogP contribution is -2.48. The van der Waals surface area contributed by atoms with Crippen molar-refractivity contribution in [2.45, 2.75) is 59.2 Å². The summed E-state index contributed by atoms with van der Waals surface area (Å²) in [6.07, 6.45) is 3.49. The second-order valence-corrected chi connectivity index (χ2v) is 7.92. The molecule has 144 valence electrons. The standard InChI is InChI=1S/C18H28N4O4/c1-11(2)13-5-4-12(3)8-14(13)26-10-16(23)21-6-7-22-15(9-21)19-20-17(24)18(22)25/h11-14H,4-10H2,1-3H3,(H,20,24). The van der Waals surface area contributed by atoms with Crippen molar-refractivity contribution in [3.05, 3.63) is 26.5 Å². The Morgan fingerprint density at radius 3 is 2.81 bits per heavy atom. The van der Waals surface area contributed by atoms with Gasteiger partial charge in [0.25, 0.3) is 0 Å². The molecule has 0 spiro atoms. The van der Waals surface area contributed by atoms with Gasteiger partial charge in [0.15, 0.2) is 5.82 Å². The molecule has 3 unspecified atom stereocenters. The molecule has 3 atom stereocenters. The summed E-state index contributed by atoms with van der Waals surface area (Å²) in [5.41, 5.74) is -1.35. The molecule has 1 fully saturated rings. The summed E-state index contributed by atoms with van der Waals surface area (Å²) in [6, 6.07) is 0. The zero-order chi connectivity index (χ0) is 18.8. The van der Waals surface area contributed by atoms with E-state index in [4.69, 9.17) is 4.74 Å². The van der Waals surface area contributed by atoms with Crippen LogP contribution in [0.4, 0.5) is 0 Å². The third-order valence-electron chi connectivity index (χ3n) is 5.70. The maximum Gasteiger partial charge on any atom is 0.330 e. The number of H-pyrrole nitrogens is 1. The van der Waals surface area contributed by atoms with E-state index in [1.165, 1.54) is 11.0 Å². The lowest BCUT2D eigenvalue weighted by atomic mass is 9.75. The van der Waals surface area contributed by atoms with Crippen molar-refractivity contribution >= 4 is 5.91 Å². The van der Waals surface area contributed by atoms with Crippen LogP contribution in [0.3, 0.4) is 0 Å². The van der Waals surface area contributed by atoms with Crippen LogP contribution in [0.15, 0.2) is 9.59 Å². The van der Waals surface area contributed by atoms with Gasteiger partial charge in [-0.05, 0) is 30.6 Å². The van der Waals surface area contributed by atoms with Crippen molar-refractivity contribution in [3.63, 3.8) is 0 Å². The van der Waals surface area contributed by atoms with Crippen molar-refractivity contribution in [1.82, 2.24) is 19.7 Å². The number of amides is 1. The molecule has 8 nitrogen and oxygen atoms in total. The lowest BCUT2D eigenvalue weighted by molar-refractivity contribution is -0.143. The van der Waals surface area contributed by atoms with Gasteiger partial charge in [0.2, 0.25) is 5.91 Å². The predicted molar refractivity (Wildman–Crippen MR) is 95.6 cm³/mol. The fraction of sp³-hybridized carbons (Fsp3) is 0.778. The number of ether oxygens (including phenoxy) is 1. The van der Waals surface area contributed by atoms with E-state index >= 15 is 0 Å². The first-order valence-electron chi connectivity index (χ1n) is 9.44. The number of nitrogens with one attached hydrogen (secondary N) is 1. The van der Waals surface area contributed by atoms with Crippen molar-refractivity contribution < 1.29 is 9.53 Å². The summed E-state index contributed by atoms with van der Waals surface area (Å²) in [6.45, 7) is 7.59. The Balaban J connectivity index is 1.61. The Morgan fingerprint density at radius 1 is 1.31 bits per heavy atom. The first-order chi connectivity index (χ1) is 12.4. The molecular formula is C18H28N4O4. The van der Waals surface area contributed by atoms with Gasteiger partial charge in [-0.2, -0.15) is 5.10 Å². The molecule has 1 saturated carbocycles. The molecule has 0 saturated heterocycles. The average molecular weight is 364 g/mol. The molecule has 1 N–H and O–H groups in total. The third kappa shape index (κ3) is 3.90. The van der Waals surface area contributed by atoms with Crippen molar-refractivity contribution in [2.24, 2.45) is 17.8 Å². The van der Waals surface area contributed by atoms with E-state index in [9.17, 15) is 14.4 Å². The number of rotatable bonds is 4. The van der Waals surface area contributed by atoms with Crippen LogP contribution in [0, 0.1) is 17.8 Å². The predicted octanol–water partition coefficient (Wildman–Crippen LogP) is 0.751. The zero-order valence-electron chi connectivity index (χ0n) is 15.7. The van der Waals surface area contributed by atoms with Crippen LogP contribution in [0.2, 0.25) is 0 Å². The fourth-order valence-electron chi connectivity index (χ4n) is 4.07. The summed E-state index contributed by atoms with van der Waals surface area (Å²) < 4.78 is 7.37. The van der Waals surface area contributed by atoms with E-state index in [0.29, 0.717) is 30.1 Å². The maximum absolute atomic E-state index is 12.6. The van der Waals surface area contributed by atoms with Crippen molar-refractivity contribution in [2.75, 3.05) is 13.2 Å². The van der Waals surface area contributed by atoms with Crippen LogP contribution in [0.5, 0.6) is 0 Å². The smallest absolute Gasteiger partial charge is 0.330 e. The van der Waals surface area contributed by atoms with Gasteiger partial charge >= 0.3 is 11.1 Å². The highest BCUT2D eigenvalue weighted by Crippen LogP contribution is 2.35. The molecule has 8 heteroatoms. The second kappa shape index (κ2) is 7.73. The normalized spacial score (nSPS) is 26.0. The van der Waals surface area contributed by atoms with Crippen LogP contribution in [-0.4, -0.2) is 44.8 Å². The van der Waals surface area contributed by atoms with E-state index in [1.807, 2.05) is 0 Å². The Kier molecular flexibility index (Phi) is 5.60. The van der Waals surface area contributed by atoms with E-state index in [0.717, 1.165) is 12.8 Å². The molecule has 2 heterocycles. The summed E-state index contributed by atoms with van der Waals surface area (Å²) in [5.74, 6) is 1.96. The number of hydrogen-bond acceptors (Lipinski definition) is 5. The van der Waals surface area contributed by atoms with E-state index in [1.54, 1.807) is 4.90 Å². The number of aromatic nitrogens is 3. The minimum Gasteiger partial charge on any atom is -0.368 e. The second-order valence-electron chi connectivity index (χ2n) is 7.92. The van der Waals surface area contributed by atoms with E-state index in [-0.39, 0.29) is 31.7 Å². The van der Waals surface area contributed by atoms with Crippen LogP contribution in [-0.2, 0) is 22.6 Å². The molecule has 1 aromatic heterocycles. The van der Waals surface area contributed by atoms with Crippen molar-refractivity contribution in [1.29, 1.82) is 0 Å². The highest BCUT2D eigenvalue weighted by Gasteiger charge is 2.32. The SMILES string of the molecule is CC1CCC(C(C)C)C(OCC(=O)N2CCn3c(n[nH]c(=O)c3=O)C2)C1. The van der Waals surface area contributed by atoms with Crippen molar-refractivity contribution in [3.8, 4) is 0 Å². The maximum atomic E-state index is 12.6. The van der Waals surface area contributed by atoms with Gasteiger partial charge in [0.1, 0.15) is 6.61 Å². The summed E-state index contributed by atoms with van der Waals surface area (Å²) in [7, 11) is 0. The van der Waals surface area contributed by atoms with Gasteiger partial charge in [-0.3, -0.25) is 19.0 Å². The Hall–Kier alpha value is -1.96. The first-order valence-corrected chi connectivity index (χ1v) is 9.44. The molecule has 1 aliphatic carbocycles. The molecule has 1 aromatic rings. The number of carbonyl (C=O) groups excluding carboxylic acids is 1. The third-order valence-corrected chi connectivity index (χ3v) is 5.70. The lowest BCUT2D eigenvalue weighted by Gasteiger charge is -2.37. The number of fused-ring (bicyclic) bond motifs is 1. The summed E-state index contributed by atoms with van der Waals surface area (Å²) in [5, 5.41) is 6.08. The highest BCUT2D eigenvalue weighted by atomic mass is 16.5. The van der Waals surface area contributed by atoms with E-state index < -0.39 is 11.1 Å². The molecule has 0 bridgehead atoms. The van der Waals surface area contributed by atoms with Crippen LogP contribution < -0.4 is 11.1 Å². The summed E-state index contributed by atoms with van der Waals surface area (Å²) >= 11 is 0. The molecule has 1 aliphatic heterocycles. The summed E-state index contributed by atoms with van der Waals surface area (Å²) in [4.78, 5) is 37.4. The van der Waals surface area contributed by atoms with Gasteiger partial charge < -0.3 is 9.64 Å². The van der Waals surface area contributed by atoms with Gasteiger partial charge in [-0.15, -0.1) is 0 Å². The average Bonchev–Trinajstić information content (AvgIpc) is 2.62. The number of hydrogen-bond donors (Lipinski definition) is 1. The first kappa shape index (κ1) is 18.8. The quantitative estimate of drug-likeness (QED) is 0.795. The Morgan fingerprint density at radius 2 is 2.08 bits per heavy atom. The molecule has 1 amide bonds. The van der Waals surface area contributed by atoms with Crippen LogP contribution >= 0.6 is 0 Å². The molecule has 2 aliphatic rings. The topological polar surface area (TPSA) is 97.3 Å². The monoisotopic (exact) mass is 364 g/mol. The van der Waals surface area contributed by atoms with E-state index in [2.05, 4.69) is 31.0 Å². The Labute approximate surface area is 152 Å². The minimum absolute atomic E-state index is 0.0498. The largest absolute Gasteiger partial charge is 0.368 e. The number of nitrogens with zero attached hydrogens (tertiary/aromatic N) is 3. The highest BCUT2D eigenvalue weighted by molar-refractivity contribution is 5.77. The molecule has 3 rings (SSSR count). The van der Waals surface area contributed by atoms with Crippen LogP contribution in [0.25, 0.3) is 0 Å². The molecule has 0 aromatic carbocycles. The zero-order valence-corrected chi connectivity index (χ0v) is 15.7. The number of aromatic amines is 1. The van der Waals surface area contributed by atoms with Gasteiger partial charge in [0.05, 0.1) is 12.6 Å². The van der Waals surface area contributed by atoms with Gasteiger partial charge in [0, 0.05) is 13.1 Å². The van der Waals surface area contributed by atoms with Gasteiger partial charge in [-0.25, -0.2) is 5.10 Å². The minimum atomic E-state index is -0.733. The Bertz CT molecular complexity index is 769. The molecule has 0 radical (unpaired) electrons.